The summed E-state index contributed by atoms with van der Waals surface area (Å²) in [6.07, 6.45) is 4.47. The maximum atomic E-state index is 11.8. The van der Waals surface area contributed by atoms with Crippen molar-refractivity contribution in [3.8, 4) is 5.75 Å². The van der Waals surface area contributed by atoms with E-state index in [1.54, 1.807) is 18.2 Å². The zero-order valence-corrected chi connectivity index (χ0v) is 14.5. The highest BCUT2D eigenvalue weighted by molar-refractivity contribution is 5.79. The van der Waals surface area contributed by atoms with Crippen LogP contribution in [0.25, 0.3) is 0 Å². The molecule has 0 fully saturated rings. The van der Waals surface area contributed by atoms with Gasteiger partial charge in [-0.3, -0.25) is 4.79 Å². The van der Waals surface area contributed by atoms with Crippen LogP contribution in [0.4, 0.5) is 0 Å². The van der Waals surface area contributed by atoms with Gasteiger partial charge in [-0.05, 0) is 64.5 Å². The SMILES string of the molecule is NCCCNCCCCNCCCNC(=O)Cc1ccccc1O. The highest BCUT2D eigenvalue weighted by Crippen LogP contribution is 2.15. The summed E-state index contributed by atoms with van der Waals surface area (Å²) in [6, 6.07) is 6.93. The number of carbonyl (C=O) groups is 1. The molecule has 0 aliphatic carbocycles. The molecule has 1 aromatic carbocycles. The van der Waals surface area contributed by atoms with Gasteiger partial charge in [-0.1, -0.05) is 18.2 Å². The van der Waals surface area contributed by atoms with Gasteiger partial charge in [0.1, 0.15) is 5.75 Å². The lowest BCUT2D eigenvalue weighted by Crippen LogP contribution is -2.29. The summed E-state index contributed by atoms with van der Waals surface area (Å²) in [5.74, 6) is 0.117. The number of carbonyl (C=O) groups excluding carboxylic acids is 1. The molecule has 0 saturated carbocycles. The van der Waals surface area contributed by atoms with Crippen LogP contribution in [0, 0.1) is 0 Å². The molecular weight excluding hydrogens is 304 g/mol. The predicted molar refractivity (Wildman–Crippen MR) is 98.1 cm³/mol. The molecule has 6 N–H and O–H groups in total. The molecule has 0 aromatic heterocycles. The van der Waals surface area contributed by atoms with E-state index >= 15 is 0 Å². The number of phenols is 1. The van der Waals surface area contributed by atoms with Gasteiger partial charge in [-0.2, -0.15) is 0 Å². The van der Waals surface area contributed by atoms with Crippen LogP contribution in [0.2, 0.25) is 0 Å². The summed E-state index contributed by atoms with van der Waals surface area (Å²) >= 11 is 0. The fourth-order valence-electron chi connectivity index (χ4n) is 2.31. The molecule has 0 spiro atoms. The Kier molecular flexibility index (Phi) is 11.7. The van der Waals surface area contributed by atoms with E-state index in [1.807, 2.05) is 6.07 Å². The van der Waals surface area contributed by atoms with Crippen LogP contribution < -0.4 is 21.7 Å². The topological polar surface area (TPSA) is 99.4 Å². The van der Waals surface area contributed by atoms with Gasteiger partial charge in [0.05, 0.1) is 6.42 Å². The molecule has 0 radical (unpaired) electrons. The van der Waals surface area contributed by atoms with Gasteiger partial charge < -0.3 is 26.8 Å². The number of amides is 1. The van der Waals surface area contributed by atoms with E-state index in [-0.39, 0.29) is 18.1 Å². The number of hydrogen-bond acceptors (Lipinski definition) is 5. The number of hydrogen-bond donors (Lipinski definition) is 5. The Bertz CT molecular complexity index is 454. The van der Waals surface area contributed by atoms with Crippen LogP contribution >= 0.6 is 0 Å². The van der Waals surface area contributed by atoms with Gasteiger partial charge in [0.2, 0.25) is 5.91 Å². The molecule has 1 amide bonds. The largest absolute Gasteiger partial charge is 0.508 e. The Morgan fingerprint density at radius 1 is 0.917 bits per heavy atom. The quantitative estimate of drug-likeness (QED) is 0.323. The van der Waals surface area contributed by atoms with Crippen molar-refractivity contribution in [1.82, 2.24) is 16.0 Å². The third-order valence-electron chi connectivity index (χ3n) is 3.71. The van der Waals surface area contributed by atoms with Crippen LogP contribution in [0.3, 0.4) is 0 Å². The number of para-hydroxylation sites is 1. The number of nitrogens with one attached hydrogen (secondary N) is 3. The second-order valence-electron chi connectivity index (χ2n) is 5.86. The van der Waals surface area contributed by atoms with Gasteiger partial charge in [-0.15, -0.1) is 0 Å². The van der Waals surface area contributed by atoms with E-state index in [0.717, 1.165) is 58.4 Å². The molecule has 0 aliphatic heterocycles. The maximum absolute atomic E-state index is 11.8. The van der Waals surface area contributed by atoms with E-state index in [2.05, 4.69) is 16.0 Å². The van der Waals surface area contributed by atoms with Crippen molar-refractivity contribution in [3.63, 3.8) is 0 Å². The van der Waals surface area contributed by atoms with Crippen molar-refractivity contribution in [2.45, 2.75) is 32.1 Å². The van der Waals surface area contributed by atoms with Crippen molar-refractivity contribution in [2.24, 2.45) is 5.73 Å². The second-order valence-corrected chi connectivity index (χ2v) is 5.86. The molecule has 0 bridgehead atoms. The Hall–Kier alpha value is -1.63. The van der Waals surface area contributed by atoms with Gasteiger partial charge in [-0.25, -0.2) is 0 Å². The van der Waals surface area contributed by atoms with Crippen LogP contribution in [-0.2, 0) is 11.2 Å². The summed E-state index contributed by atoms with van der Waals surface area (Å²) in [6.45, 7) is 5.36. The Morgan fingerprint density at radius 2 is 1.54 bits per heavy atom. The summed E-state index contributed by atoms with van der Waals surface area (Å²) < 4.78 is 0. The average molecular weight is 336 g/mol. The molecule has 0 aliphatic rings. The molecule has 24 heavy (non-hydrogen) atoms. The van der Waals surface area contributed by atoms with E-state index in [1.165, 1.54) is 0 Å². The molecule has 6 heteroatoms. The number of aromatic hydroxyl groups is 1. The van der Waals surface area contributed by atoms with E-state index in [0.29, 0.717) is 12.1 Å². The molecule has 1 aromatic rings. The zero-order valence-electron chi connectivity index (χ0n) is 14.5. The highest BCUT2D eigenvalue weighted by Gasteiger charge is 2.06. The smallest absolute Gasteiger partial charge is 0.224 e. The lowest BCUT2D eigenvalue weighted by atomic mass is 10.1. The minimum Gasteiger partial charge on any atom is -0.508 e. The second kappa shape index (κ2) is 13.8. The zero-order chi connectivity index (χ0) is 17.5. The first-order valence-corrected chi connectivity index (χ1v) is 8.89. The summed E-state index contributed by atoms with van der Waals surface area (Å²) in [4.78, 5) is 11.8. The van der Waals surface area contributed by atoms with E-state index < -0.39 is 0 Å². The lowest BCUT2D eigenvalue weighted by molar-refractivity contribution is -0.120. The maximum Gasteiger partial charge on any atom is 0.224 e. The minimum atomic E-state index is -0.0555. The first-order valence-electron chi connectivity index (χ1n) is 8.89. The Labute approximate surface area is 145 Å². The molecule has 1 rings (SSSR count). The Balaban J connectivity index is 1.90. The van der Waals surface area contributed by atoms with Crippen molar-refractivity contribution < 1.29 is 9.90 Å². The molecule has 0 unspecified atom stereocenters. The Morgan fingerprint density at radius 3 is 2.21 bits per heavy atom. The normalized spacial score (nSPS) is 10.7. The molecule has 0 saturated heterocycles. The molecule has 0 atom stereocenters. The van der Waals surface area contributed by atoms with Crippen molar-refractivity contribution in [3.05, 3.63) is 29.8 Å². The molecule has 0 heterocycles. The molecular formula is C18H32N4O2. The number of benzene rings is 1. The molecule has 136 valence electrons. The highest BCUT2D eigenvalue weighted by atomic mass is 16.3. The summed E-state index contributed by atoms with van der Waals surface area (Å²) in [5, 5.41) is 19.3. The number of rotatable bonds is 14. The van der Waals surface area contributed by atoms with Crippen molar-refractivity contribution >= 4 is 5.91 Å². The summed E-state index contributed by atoms with van der Waals surface area (Å²) in [7, 11) is 0. The number of nitrogens with two attached hydrogens (primary N) is 1. The van der Waals surface area contributed by atoms with Gasteiger partial charge in [0.15, 0.2) is 0 Å². The fraction of sp³-hybridized carbons (Fsp3) is 0.611. The molecule has 6 nitrogen and oxygen atoms in total. The van der Waals surface area contributed by atoms with E-state index in [9.17, 15) is 9.90 Å². The van der Waals surface area contributed by atoms with Crippen LogP contribution in [0.1, 0.15) is 31.2 Å². The average Bonchev–Trinajstić information content (AvgIpc) is 2.58. The van der Waals surface area contributed by atoms with Crippen LogP contribution in [-0.4, -0.2) is 50.3 Å². The van der Waals surface area contributed by atoms with Crippen molar-refractivity contribution in [2.75, 3.05) is 39.3 Å². The standard InChI is InChI=1S/C18H32N4O2/c19-9-5-12-20-10-3-4-11-21-13-6-14-22-18(24)15-16-7-1-2-8-17(16)23/h1-2,7-8,20-21,23H,3-6,9-15,19H2,(H,22,24). The van der Waals surface area contributed by atoms with Gasteiger partial charge in [0.25, 0.3) is 0 Å². The van der Waals surface area contributed by atoms with E-state index in [4.69, 9.17) is 5.73 Å². The van der Waals surface area contributed by atoms with Crippen LogP contribution in [0.5, 0.6) is 5.75 Å². The third-order valence-corrected chi connectivity index (χ3v) is 3.71. The van der Waals surface area contributed by atoms with Crippen molar-refractivity contribution in [1.29, 1.82) is 0 Å². The number of unbranched alkanes of at least 4 members (excludes halogenated alkanes) is 1. The third kappa shape index (κ3) is 10.2. The predicted octanol–water partition coefficient (Wildman–Crippen LogP) is 0.749. The number of phenolic OH excluding ortho intramolecular Hbond substituents is 1. The fourth-order valence-corrected chi connectivity index (χ4v) is 2.31. The summed E-state index contributed by atoms with van der Waals surface area (Å²) in [5.41, 5.74) is 6.09. The first kappa shape index (κ1) is 20.4. The lowest BCUT2D eigenvalue weighted by Gasteiger charge is -2.08. The van der Waals surface area contributed by atoms with Gasteiger partial charge in [0, 0.05) is 12.1 Å². The minimum absolute atomic E-state index is 0.0555. The monoisotopic (exact) mass is 336 g/mol. The first-order chi connectivity index (χ1) is 11.7. The van der Waals surface area contributed by atoms with Crippen LogP contribution in [0.15, 0.2) is 24.3 Å². The van der Waals surface area contributed by atoms with Gasteiger partial charge >= 0.3 is 0 Å².